The minimum absolute atomic E-state index is 0.0625. The van der Waals surface area contributed by atoms with Gasteiger partial charge in [0.25, 0.3) is 5.92 Å². The average Bonchev–Trinajstić information content (AvgIpc) is 3.75. The van der Waals surface area contributed by atoms with Gasteiger partial charge in [0.1, 0.15) is 23.8 Å². The van der Waals surface area contributed by atoms with E-state index in [4.69, 9.17) is 5.26 Å². The van der Waals surface area contributed by atoms with Gasteiger partial charge in [0.15, 0.2) is 46.5 Å². The first-order chi connectivity index (χ1) is 23.9. The van der Waals surface area contributed by atoms with E-state index in [1.165, 1.54) is 6.07 Å². The van der Waals surface area contributed by atoms with Gasteiger partial charge in [-0.25, -0.2) is 43.9 Å². The fraction of sp³-hybridized carbons (Fsp3) is 0.125. The lowest BCUT2D eigenvalue weighted by Crippen LogP contribution is -2.18. The standard InChI is InChI=1S/C32H6F16N4/c1-30(41,42)20-26(37)22(33)18(23(34)27(20)38)12(7-51)16-15(11(6-50)9-2-3-10(5-49)14(4-9)31(43,44)45)17(16)13(8-52)19-24(35)28(39)21(32(46,47)48)29(40)25(19)36/h2-4H,1H3/b15-11?,16-12+,17-13-. The smallest absolute Gasteiger partial charge is 0.203 e. The molecule has 0 amide bonds. The van der Waals surface area contributed by atoms with Crippen molar-refractivity contribution in [3.8, 4) is 24.3 Å². The lowest BCUT2D eigenvalue weighted by atomic mass is 9.97. The van der Waals surface area contributed by atoms with Crippen LogP contribution in [0.1, 0.15) is 45.9 Å². The summed E-state index contributed by atoms with van der Waals surface area (Å²) in [5, 5.41) is 38.7. The Morgan fingerprint density at radius 2 is 0.865 bits per heavy atom. The van der Waals surface area contributed by atoms with Crippen molar-refractivity contribution < 1.29 is 70.2 Å². The number of alkyl halides is 8. The Labute approximate surface area is 278 Å². The topological polar surface area (TPSA) is 95.2 Å². The molecule has 0 unspecified atom stereocenters. The molecule has 20 heteroatoms. The van der Waals surface area contributed by atoms with Crippen LogP contribution in [0.4, 0.5) is 70.2 Å². The number of allylic oxidation sites excluding steroid dienone is 6. The summed E-state index contributed by atoms with van der Waals surface area (Å²) < 4.78 is 228. The number of rotatable bonds is 4. The Morgan fingerprint density at radius 3 is 1.17 bits per heavy atom. The molecule has 52 heavy (non-hydrogen) atoms. The Balaban J connectivity index is 2.32. The summed E-state index contributed by atoms with van der Waals surface area (Å²) >= 11 is 0. The molecule has 0 spiro atoms. The fourth-order valence-corrected chi connectivity index (χ4v) is 5.04. The molecule has 0 heterocycles. The summed E-state index contributed by atoms with van der Waals surface area (Å²) in [6, 6.07) is 5.22. The Bertz CT molecular complexity index is 2200. The van der Waals surface area contributed by atoms with E-state index in [1.54, 1.807) is 0 Å². The summed E-state index contributed by atoms with van der Waals surface area (Å²) in [4.78, 5) is 0. The molecule has 3 aromatic carbocycles. The van der Waals surface area contributed by atoms with Crippen molar-refractivity contribution >= 4 is 16.7 Å². The highest BCUT2D eigenvalue weighted by atomic mass is 19.4. The van der Waals surface area contributed by atoms with Crippen LogP contribution in [-0.2, 0) is 18.3 Å². The zero-order valence-electron chi connectivity index (χ0n) is 24.6. The van der Waals surface area contributed by atoms with Crippen LogP contribution in [0, 0.1) is 91.9 Å². The highest BCUT2D eigenvalue weighted by molar-refractivity contribution is 6.12. The molecule has 0 bridgehead atoms. The first-order valence-corrected chi connectivity index (χ1v) is 13.2. The van der Waals surface area contributed by atoms with E-state index in [9.17, 15) is 68.5 Å². The highest BCUT2D eigenvalue weighted by Gasteiger charge is 2.48. The van der Waals surface area contributed by atoms with Gasteiger partial charge in [0.2, 0.25) is 0 Å². The number of halogens is 16. The third kappa shape index (κ3) is 6.06. The molecule has 0 aliphatic heterocycles. The predicted molar refractivity (Wildman–Crippen MR) is 141 cm³/mol. The van der Waals surface area contributed by atoms with Crippen LogP contribution in [0.5, 0.6) is 0 Å². The number of hydrogen-bond acceptors (Lipinski definition) is 4. The van der Waals surface area contributed by atoms with Crippen molar-refractivity contribution in [2.24, 2.45) is 0 Å². The minimum atomic E-state index is -6.12. The number of hydrogen-bond donors (Lipinski definition) is 0. The van der Waals surface area contributed by atoms with Crippen LogP contribution >= 0.6 is 0 Å². The van der Waals surface area contributed by atoms with Crippen LogP contribution in [-0.4, -0.2) is 0 Å². The van der Waals surface area contributed by atoms with E-state index in [2.05, 4.69) is 0 Å². The zero-order chi connectivity index (χ0) is 39.6. The molecule has 0 N–H and O–H groups in total. The Hall–Kier alpha value is -6.28. The summed E-state index contributed by atoms with van der Waals surface area (Å²) in [6.45, 7) is -0.212. The fourth-order valence-electron chi connectivity index (χ4n) is 5.04. The van der Waals surface area contributed by atoms with Crippen molar-refractivity contribution in [3.05, 3.63) is 120 Å². The van der Waals surface area contributed by atoms with Crippen LogP contribution in [0.2, 0.25) is 0 Å². The summed E-state index contributed by atoms with van der Waals surface area (Å²) in [6.07, 6.45) is -11.5. The predicted octanol–water partition coefficient (Wildman–Crippen LogP) is 10.1. The molecule has 0 radical (unpaired) electrons. The van der Waals surface area contributed by atoms with Gasteiger partial charge in [0.05, 0.1) is 50.6 Å². The van der Waals surface area contributed by atoms with E-state index >= 15 is 17.6 Å². The lowest BCUT2D eigenvalue weighted by molar-refractivity contribution is -0.143. The van der Waals surface area contributed by atoms with Gasteiger partial charge in [-0.1, -0.05) is 6.07 Å². The molecule has 266 valence electrons. The van der Waals surface area contributed by atoms with E-state index in [1.807, 2.05) is 0 Å². The Morgan fingerprint density at radius 1 is 0.500 bits per heavy atom. The van der Waals surface area contributed by atoms with Crippen molar-refractivity contribution in [2.75, 3.05) is 0 Å². The number of benzene rings is 3. The Kier molecular flexibility index (Phi) is 9.48. The van der Waals surface area contributed by atoms with Crippen molar-refractivity contribution in [3.63, 3.8) is 0 Å². The summed E-state index contributed by atoms with van der Waals surface area (Å²) in [7, 11) is 0. The van der Waals surface area contributed by atoms with Crippen molar-refractivity contribution in [2.45, 2.75) is 25.2 Å². The lowest BCUT2D eigenvalue weighted by Gasteiger charge is -2.16. The number of nitrogens with zero attached hydrogens (tertiary/aromatic N) is 4. The molecule has 0 saturated heterocycles. The second-order valence-electron chi connectivity index (χ2n) is 10.4. The molecular weight excluding hydrogens is 744 g/mol. The first kappa shape index (κ1) is 38.5. The normalized spacial score (nSPS) is 16.0. The monoisotopic (exact) mass is 750 g/mol. The van der Waals surface area contributed by atoms with Crippen LogP contribution in [0.25, 0.3) is 16.7 Å². The minimum Gasteiger partial charge on any atom is -0.203 e. The first-order valence-electron chi connectivity index (χ1n) is 13.2. The number of nitriles is 4. The van der Waals surface area contributed by atoms with Gasteiger partial charge in [0, 0.05) is 23.6 Å². The van der Waals surface area contributed by atoms with Gasteiger partial charge < -0.3 is 0 Å². The van der Waals surface area contributed by atoms with Crippen LogP contribution in [0.3, 0.4) is 0 Å². The van der Waals surface area contributed by atoms with Gasteiger partial charge in [-0.15, -0.1) is 0 Å². The highest BCUT2D eigenvalue weighted by Crippen LogP contribution is 2.57. The largest absolute Gasteiger partial charge is 0.422 e. The molecule has 4 nitrogen and oxygen atoms in total. The molecular formula is C32H6F16N4. The maximum atomic E-state index is 15.2. The van der Waals surface area contributed by atoms with Crippen molar-refractivity contribution in [1.29, 1.82) is 21.0 Å². The molecule has 1 fully saturated rings. The molecule has 1 aliphatic carbocycles. The zero-order valence-corrected chi connectivity index (χ0v) is 24.6. The molecule has 1 saturated carbocycles. The van der Waals surface area contributed by atoms with Gasteiger partial charge in [-0.2, -0.15) is 47.4 Å². The summed E-state index contributed by atoms with van der Waals surface area (Å²) in [5.74, 6) is -28.2. The van der Waals surface area contributed by atoms with Crippen LogP contribution < -0.4 is 0 Å². The summed E-state index contributed by atoms with van der Waals surface area (Å²) in [5.41, 5.74) is -23.2. The van der Waals surface area contributed by atoms with Crippen molar-refractivity contribution in [1.82, 2.24) is 0 Å². The van der Waals surface area contributed by atoms with Crippen LogP contribution in [0.15, 0.2) is 34.9 Å². The van der Waals surface area contributed by atoms with Gasteiger partial charge >= 0.3 is 12.4 Å². The maximum Gasteiger partial charge on any atom is 0.422 e. The molecule has 1 aliphatic rings. The molecule has 3 aromatic rings. The quantitative estimate of drug-likeness (QED) is 0.151. The maximum absolute atomic E-state index is 15.2. The van der Waals surface area contributed by atoms with E-state index in [0.29, 0.717) is 12.1 Å². The second-order valence-corrected chi connectivity index (χ2v) is 10.4. The third-order valence-corrected chi connectivity index (χ3v) is 7.26. The molecule has 0 atom stereocenters. The van der Waals surface area contributed by atoms with E-state index in [0.717, 1.165) is 18.2 Å². The van der Waals surface area contributed by atoms with E-state index in [-0.39, 0.29) is 13.0 Å². The van der Waals surface area contributed by atoms with Gasteiger partial charge in [-0.3, -0.25) is 0 Å². The molecule has 0 aromatic heterocycles. The average molecular weight is 750 g/mol. The van der Waals surface area contributed by atoms with Gasteiger partial charge in [-0.05, 0) is 17.7 Å². The second kappa shape index (κ2) is 12.8. The van der Waals surface area contributed by atoms with E-state index < -0.39 is 137 Å². The third-order valence-electron chi connectivity index (χ3n) is 7.26. The molecule has 4 rings (SSSR count). The SMILES string of the molecule is CC(F)(F)c1c(F)c(F)c(/C(C#N)=C2\C(=C(C#N)c3ccc(C#N)c(C(F)(F)F)c3)\C2=C(/C#N)c2c(F)c(F)c(C(F)(F)F)c(F)c2F)c(F)c1F.